The van der Waals surface area contributed by atoms with Crippen molar-refractivity contribution in [3.8, 4) is 0 Å². The van der Waals surface area contributed by atoms with Gasteiger partial charge in [-0.1, -0.05) is 35.1 Å². The van der Waals surface area contributed by atoms with E-state index < -0.39 is 0 Å². The van der Waals surface area contributed by atoms with Crippen molar-refractivity contribution in [1.82, 2.24) is 9.88 Å². The van der Waals surface area contributed by atoms with Crippen LogP contribution in [-0.2, 0) is 11.3 Å². The summed E-state index contributed by atoms with van der Waals surface area (Å²) in [4.78, 5) is 7.01. The molecule has 1 N–H and O–H groups in total. The molecule has 1 aliphatic heterocycles. The topological polar surface area (TPSA) is 37.4 Å². The first-order chi connectivity index (χ1) is 11.8. The highest BCUT2D eigenvalue weighted by Gasteiger charge is 2.10. The Bertz CT molecular complexity index is 828. The Labute approximate surface area is 150 Å². The average Bonchev–Trinajstić information content (AvgIpc) is 2.99. The number of anilines is 2. The third-order valence-electron chi connectivity index (χ3n) is 4.07. The molecule has 1 fully saturated rings. The van der Waals surface area contributed by atoms with Crippen LogP contribution in [0.4, 0.5) is 10.8 Å². The maximum absolute atomic E-state index is 6.03. The number of morpholine rings is 1. The van der Waals surface area contributed by atoms with Crippen molar-refractivity contribution in [2.75, 3.05) is 31.6 Å². The highest BCUT2D eigenvalue weighted by Crippen LogP contribution is 2.30. The zero-order valence-electron chi connectivity index (χ0n) is 13.2. The van der Waals surface area contributed by atoms with Gasteiger partial charge in [0.1, 0.15) is 0 Å². The van der Waals surface area contributed by atoms with E-state index in [9.17, 15) is 0 Å². The summed E-state index contributed by atoms with van der Waals surface area (Å²) in [6, 6.07) is 14.3. The zero-order valence-corrected chi connectivity index (χ0v) is 14.7. The molecular weight excluding hydrogens is 342 g/mol. The molecule has 1 saturated heterocycles. The normalized spacial score (nSPS) is 15.7. The molecule has 4 nitrogen and oxygen atoms in total. The number of nitrogens with one attached hydrogen (secondary N) is 1. The molecular formula is C18H18ClN3OS. The van der Waals surface area contributed by atoms with E-state index in [1.807, 2.05) is 18.2 Å². The molecule has 0 saturated carbocycles. The molecule has 0 radical (unpaired) electrons. The minimum absolute atomic E-state index is 0.741. The van der Waals surface area contributed by atoms with E-state index in [2.05, 4.69) is 39.5 Å². The lowest BCUT2D eigenvalue weighted by Crippen LogP contribution is -2.35. The molecule has 24 heavy (non-hydrogen) atoms. The Morgan fingerprint density at radius 2 is 1.92 bits per heavy atom. The van der Waals surface area contributed by atoms with Crippen molar-refractivity contribution in [1.29, 1.82) is 0 Å². The first-order valence-electron chi connectivity index (χ1n) is 7.98. The quantitative estimate of drug-likeness (QED) is 0.742. The zero-order chi connectivity index (χ0) is 16.4. The van der Waals surface area contributed by atoms with Gasteiger partial charge >= 0.3 is 0 Å². The van der Waals surface area contributed by atoms with Crippen LogP contribution >= 0.6 is 22.9 Å². The first-order valence-corrected chi connectivity index (χ1v) is 9.18. The molecule has 6 heteroatoms. The number of hydrogen-bond acceptors (Lipinski definition) is 5. The standard InChI is InChI=1S/C18H18ClN3OS/c19-14-3-6-16-17(11-14)24-18(21-16)20-15-4-1-13(2-5-15)12-22-7-9-23-10-8-22/h1-6,11H,7-10,12H2,(H,20,21). The van der Waals surface area contributed by atoms with Gasteiger partial charge in [-0.15, -0.1) is 0 Å². The monoisotopic (exact) mass is 359 g/mol. The summed E-state index contributed by atoms with van der Waals surface area (Å²) in [6.07, 6.45) is 0. The minimum Gasteiger partial charge on any atom is -0.379 e. The molecule has 4 rings (SSSR count). The summed E-state index contributed by atoms with van der Waals surface area (Å²) in [7, 11) is 0. The highest BCUT2D eigenvalue weighted by atomic mass is 35.5. The number of thiazole rings is 1. The van der Waals surface area contributed by atoms with Crippen LogP contribution in [0.3, 0.4) is 0 Å². The summed E-state index contributed by atoms with van der Waals surface area (Å²) < 4.78 is 6.48. The maximum atomic E-state index is 6.03. The molecule has 0 atom stereocenters. The molecule has 0 bridgehead atoms. The van der Waals surface area contributed by atoms with E-state index >= 15 is 0 Å². The van der Waals surface area contributed by atoms with Crippen LogP contribution in [0.25, 0.3) is 10.2 Å². The Hall–Kier alpha value is -1.66. The van der Waals surface area contributed by atoms with Crippen molar-refractivity contribution >= 4 is 44.0 Å². The Kier molecular flexibility index (Phi) is 4.67. The number of benzene rings is 2. The van der Waals surface area contributed by atoms with Gasteiger partial charge in [0, 0.05) is 30.3 Å². The van der Waals surface area contributed by atoms with E-state index in [0.717, 1.165) is 58.9 Å². The summed E-state index contributed by atoms with van der Waals surface area (Å²) in [5.74, 6) is 0. The van der Waals surface area contributed by atoms with Crippen LogP contribution in [0, 0.1) is 0 Å². The third-order valence-corrected chi connectivity index (χ3v) is 5.23. The van der Waals surface area contributed by atoms with Crippen molar-refractivity contribution in [2.45, 2.75) is 6.54 Å². The molecule has 0 spiro atoms. The van der Waals surface area contributed by atoms with Gasteiger partial charge in [-0.3, -0.25) is 4.90 Å². The lowest BCUT2D eigenvalue weighted by atomic mass is 10.2. The van der Waals surface area contributed by atoms with Gasteiger partial charge in [0.15, 0.2) is 5.13 Å². The van der Waals surface area contributed by atoms with Gasteiger partial charge in [-0.2, -0.15) is 0 Å². The van der Waals surface area contributed by atoms with E-state index in [1.165, 1.54) is 5.56 Å². The smallest absolute Gasteiger partial charge is 0.188 e. The van der Waals surface area contributed by atoms with Crippen LogP contribution < -0.4 is 5.32 Å². The fraction of sp³-hybridized carbons (Fsp3) is 0.278. The summed E-state index contributed by atoms with van der Waals surface area (Å²) in [6.45, 7) is 4.66. The second-order valence-corrected chi connectivity index (χ2v) is 7.31. The van der Waals surface area contributed by atoms with Crippen LogP contribution in [0.1, 0.15) is 5.56 Å². The van der Waals surface area contributed by atoms with Gasteiger partial charge in [-0.05, 0) is 35.9 Å². The Balaban J connectivity index is 1.44. The lowest BCUT2D eigenvalue weighted by molar-refractivity contribution is 0.0342. The van der Waals surface area contributed by atoms with Crippen LogP contribution in [0.5, 0.6) is 0 Å². The van der Waals surface area contributed by atoms with E-state index in [1.54, 1.807) is 11.3 Å². The Morgan fingerprint density at radius 1 is 1.12 bits per heavy atom. The number of rotatable bonds is 4. The van der Waals surface area contributed by atoms with Gasteiger partial charge in [-0.25, -0.2) is 4.98 Å². The molecule has 1 aromatic heterocycles. The van der Waals surface area contributed by atoms with E-state index in [-0.39, 0.29) is 0 Å². The highest BCUT2D eigenvalue weighted by molar-refractivity contribution is 7.22. The first kappa shape index (κ1) is 15.8. The predicted molar refractivity (Wildman–Crippen MR) is 100 cm³/mol. The van der Waals surface area contributed by atoms with Crippen molar-refractivity contribution in [3.63, 3.8) is 0 Å². The molecule has 124 valence electrons. The van der Waals surface area contributed by atoms with Crippen LogP contribution in [0.2, 0.25) is 5.02 Å². The van der Waals surface area contributed by atoms with Crippen molar-refractivity contribution < 1.29 is 4.74 Å². The minimum atomic E-state index is 0.741. The van der Waals surface area contributed by atoms with Crippen LogP contribution in [-0.4, -0.2) is 36.2 Å². The molecule has 1 aliphatic rings. The fourth-order valence-corrected chi connectivity index (χ4v) is 3.95. The summed E-state index contributed by atoms with van der Waals surface area (Å²) >= 11 is 7.64. The van der Waals surface area contributed by atoms with Crippen molar-refractivity contribution in [2.24, 2.45) is 0 Å². The second kappa shape index (κ2) is 7.07. The second-order valence-electron chi connectivity index (χ2n) is 5.84. The summed E-state index contributed by atoms with van der Waals surface area (Å²) in [5, 5.41) is 5.00. The SMILES string of the molecule is Clc1ccc2nc(Nc3ccc(CN4CCOCC4)cc3)sc2c1. The molecule has 3 aromatic rings. The molecule has 0 aliphatic carbocycles. The van der Waals surface area contributed by atoms with Gasteiger partial charge in [0.05, 0.1) is 23.4 Å². The maximum Gasteiger partial charge on any atom is 0.188 e. The molecule has 2 heterocycles. The number of nitrogens with zero attached hydrogens (tertiary/aromatic N) is 2. The van der Waals surface area contributed by atoms with Gasteiger partial charge in [0.2, 0.25) is 0 Å². The summed E-state index contributed by atoms with van der Waals surface area (Å²) in [5.41, 5.74) is 3.33. The number of ether oxygens (including phenoxy) is 1. The molecule has 2 aromatic carbocycles. The average molecular weight is 360 g/mol. The van der Waals surface area contributed by atoms with Crippen molar-refractivity contribution in [3.05, 3.63) is 53.1 Å². The van der Waals surface area contributed by atoms with E-state index in [0.29, 0.717) is 0 Å². The number of aromatic nitrogens is 1. The molecule has 0 unspecified atom stereocenters. The van der Waals surface area contributed by atoms with E-state index in [4.69, 9.17) is 16.3 Å². The number of halogens is 1. The molecule has 0 amide bonds. The predicted octanol–water partition coefficient (Wildman–Crippen LogP) is 4.53. The number of hydrogen-bond donors (Lipinski definition) is 1. The fourth-order valence-electron chi connectivity index (χ4n) is 2.79. The van der Waals surface area contributed by atoms with Gasteiger partial charge < -0.3 is 10.1 Å². The van der Waals surface area contributed by atoms with Crippen LogP contribution in [0.15, 0.2) is 42.5 Å². The van der Waals surface area contributed by atoms with Gasteiger partial charge in [0.25, 0.3) is 0 Å². The number of fused-ring (bicyclic) bond motifs is 1. The Morgan fingerprint density at radius 3 is 2.71 bits per heavy atom. The third kappa shape index (κ3) is 3.70. The largest absolute Gasteiger partial charge is 0.379 e. The lowest BCUT2D eigenvalue weighted by Gasteiger charge is -2.26.